The maximum Gasteiger partial charge on any atom is 0.326 e. The molecule has 1 aromatic heterocycles. The van der Waals surface area contributed by atoms with Crippen LogP contribution in [0, 0.1) is 6.92 Å². The molecule has 1 N–H and O–H groups in total. The predicted octanol–water partition coefficient (Wildman–Crippen LogP) is 0.916. The Kier molecular flexibility index (Phi) is 4.54. The van der Waals surface area contributed by atoms with Gasteiger partial charge in [-0.15, -0.1) is 0 Å². The molecule has 1 saturated carbocycles. The first-order valence-corrected chi connectivity index (χ1v) is 8.59. The Labute approximate surface area is 134 Å². The van der Waals surface area contributed by atoms with Gasteiger partial charge in [0.05, 0.1) is 5.56 Å². The Bertz CT molecular complexity index is 732. The molecule has 0 saturated heterocycles. The van der Waals surface area contributed by atoms with Crippen LogP contribution in [0.1, 0.15) is 35.9 Å². The van der Waals surface area contributed by atoms with Gasteiger partial charge in [0.25, 0.3) is 15.9 Å². The summed E-state index contributed by atoms with van der Waals surface area (Å²) in [4.78, 5) is 25.2. The number of sulfonamides is 1. The van der Waals surface area contributed by atoms with Crippen molar-refractivity contribution in [2.75, 3.05) is 14.1 Å². The standard InChI is InChI=1S/C14H20N2O6S/c1-8(14(18)19)16(10-5-6-10)13(17)11-7-12(22-9(11)2)23(20,21)15(3)4/h7-8,10H,5-6H2,1-4H3,(H,18,19). The van der Waals surface area contributed by atoms with Crippen molar-refractivity contribution in [3.8, 4) is 0 Å². The van der Waals surface area contributed by atoms with E-state index in [1.54, 1.807) is 0 Å². The molecule has 8 nitrogen and oxygen atoms in total. The number of carboxylic acid groups (broad SMARTS) is 1. The highest BCUT2D eigenvalue weighted by molar-refractivity contribution is 7.88. The average molecular weight is 344 g/mol. The summed E-state index contributed by atoms with van der Waals surface area (Å²) >= 11 is 0. The summed E-state index contributed by atoms with van der Waals surface area (Å²) < 4.78 is 30.4. The van der Waals surface area contributed by atoms with Crippen LogP contribution in [0.2, 0.25) is 0 Å². The van der Waals surface area contributed by atoms with E-state index in [2.05, 4.69) is 0 Å². The van der Waals surface area contributed by atoms with E-state index in [0.717, 1.165) is 23.2 Å². The Morgan fingerprint density at radius 3 is 2.35 bits per heavy atom. The van der Waals surface area contributed by atoms with Crippen LogP contribution >= 0.6 is 0 Å². The number of hydrogen-bond acceptors (Lipinski definition) is 5. The molecule has 1 atom stereocenters. The van der Waals surface area contributed by atoms with Crippen LogP contribution in [0.25, 0.3) is 0 Å². The van der Waals surface area contributed by atoms with Gasteiger partial charge in [0.2, 0.25) is 5.09 Å². The van der Waals surface area contributed by atoms with Crippen LogP contribution in [-0.2, 0) is 14.8 Å². The Balaban J connectivity index is 2.39. The number of nitrogens with zero attached hydrogens (tertiary/aromatic N) is 2. The molecular weight excluding hydrogens is 324 g/mol. The molecule has 0 radical (unpaired) electrons. The van der Waals surface area contributed by atoms with Crippen molar-refractivity contribution < 1.29 is 27.5 Å². The molecule has 2 rings (SSSR count). The molecular formula is C14H20N2O6S. The zero-order valence-electron chi connectivity index (χ0n) is 13.4. The molecule has 0 aromatic carbocycles. The van der Waals surface area contributed by atoms with E-state index in [0.29, 0.717) is 0 Å². The van der Waals surface area contributed by atoms with Gasteiger partial charge in [0, 0.05) is 26.2 Å². The van der Waals surface area contributed by atoms with Gasteiger partial charge in [-0.2, -0.15) is 0 Å². The lowest BCUT2D eigenvalue weighted by Crippen LogP contribution is -2.44. The first-order valence-electron chi connectivity index (χ1n) is 7.15. The average Bonchev–Trinajstić information content (AvgIpc) is 3.19. The number of amides is 1. The molecule has 128 valence electrons. The number of carboxylic acids is 1. The van der Waals surface area contributed by atoms with E-state index in [1.165, 1.54) is 32.8 Å². The number of carbonyl (C=O) groups excluding carboxylic acids is 1. The SMILES string of the molecule is Cc1oc(S(=O)(=O)N(C)C)cc1C(=O)N(C1CC1)C(C)C(=O)O. The fourth-order valence-corrected chi connectivity index (χ4v) is 3.10. The summed E-state index contributed by atoms with van der Waals surface area (Å²) in [7, 11) is -1.08. The zero-order chi connectivity index (χ0) is 17.5. The predicted molar refractivity (Wildman–Crippen MR) is 80.6 cm³/mol. The van der Waals surface area contributed by atoms with E-state index < -0.39 is 27.9 Å². The second-order valence-electron chi connectivity index (χ2n) is 5.78. The highest BCUT2D eigenvalue weighted by Crippen LogP contribution is 2.32. The molecule has 23 heavy (non-hydrogen) atoms. The normalized spacial score (nSPS) is 16.4. The minimum absolute atomic E-state index is 0.0745. The first-order chi connectivity index (χ1) is 10.6. The van der Waals surface area contributed by atoms with E-state index in [1.807, 2.05) is 0 Å². The molecule has 0 spiro atoms. The summed E-state index contributed by atoms with van der Waals surface area (Å²) in [6.45, 7) is 2.92. The fourth-order valence-electron chi connectivity index (χ4n) is 2.24. The van der Waals surface area contributed by atoms with Crippen molar-refractivity contribution in [1.82, 2.24) is 9.21 Å². The van der Waals surface area contributed by atoms with Gasteiger partial charge in [-0.25, -0.2) is 17.5 Å². The maximum atomic E-state index is 12.7. The van der Waals surface area contributed by atoms with Crippen LogP contribution in [0.5, 0.6) is 0 Å². The molecule has 1 aliphatic carbocycles. The third-order valence-electron chi connectivity index (χ3n) is 3.81. The van der Waals surface area contributed by atoms with Crippen molar-refractivity contribution in [3.05, 3.63) is 17.4 Å². The lowest BCUT2D eigenvalue weighted by atomic mass is 10.2. The molecule has 1 heterocycles. The van der Waals surface area contributed by atoms with Gasteiger partial charge in [-0.1, -0.05) is 0 Å². The Morgan fingerprint density at radius 1 is 1.35 bits per heavy atom. The van der Waals surface area contributed by atoms with Gasteiger partial charge < -0.3 is 14.4 Å². The van der Waals surface area contributed by atoms with E-state index in [9.17, 15) is 23.1 Å². The Hall–Kier alpha value is -1.87. The molecule has 0 bridgehead atoms. The number of carbonyl (C=O) groups is 2. The smallest absolute Gasteiger partial charge is 0.326 e. The second-order valence-corrected chi connectivity index (χ2v) is 7.86. The van der Waals surface area contributed by atoms with Crippen molar-refractivity contribution >= 4 is 21.9 Å². The lowest BCUT2D eigenvalue weighted by molar-refractivity contribution is -0.141. The van der Waals surface area contributed by atoms with Crippen LogP contribution in [0.15, 0.2) is 15.6 Å². The molecule has 1 aliphatic rings. The zero-order valence-corrected chi connectivity index (χ0v) is 14.3. The summed E-state index contributed by atoms with van der Waals surface area (Å²) in [5, 5.41) is 8.85. The van der Waals surface area contributed by atoms with E-state index in [-0.39, 0.29) is 22.5 Å². The van der Waals surface area contributed by atoms with Gasteiger partial charge in [-0.05, 0) is 26.7 Å². The second kappa shape index (κ2) is 5.97. The van der Waals surface area contributed by atoms with Crippen molar-refractivity contribution in [2.24, 2.45) is 0 Å². The first kappa shape index (κ1) is 17.5. The molecule has 1 unspecified atom stereocenters. The number of hydrogen-bond donors (Lipinski definition) is 1. The van der Waals surface area contributed by atoms with Gasteiger partial charge in [0.15, 0.2) is 0 Å². The van der Waals surface area contributed by atoms with Crippen LogP contribution in [-0.4, -0.2) is 60.8 Å². The molecule has 1 amide bonds. The lowest BCUT2D eigenvalue weighted by Gasteiger charge is -2.26. The summed E-state index contributed by atoms with van der Waals surface area (Å²) in [6.07, 6.45) is 1.48. The van der Waals surface area contributed by atoms with Crippen LogP contribution < -0.4 is 0 Å². The largest absolute Gasteiger partial charge is 0.480 e. The third-order valence-corrected chi connectivity index (χ3v) is 5.48. The highest BCUT2D eigenvalue weighted by Gasteiger charge is 2.40. The molecule has 1 aromatic rings. The summed E-state index contributed by atoms with van der Waals surface area (Å²) in [6, 6.07) is 0.0479. The van der Waals surface area contributed by atoms with Crippen molar-refractivity contribution in [3.63, 3.8) is 0 Å². The minimum Gasteiger partial charge on any atom is -0.480 e. The molecule has 1 fully saturated rings. The van der Waals surface area contributed by atoms with Crippen molar-refractivity contribution in [1.29, 1.82) is 0 Å². The topological polar surface area (TPSA) is 108 Å². The number of rotatable bonds is 6. The number of aliphatic carboxylic acids is 1. The van der Waals surface area contributed by atoms with Gasteiger partial charge in [-0.3, -0.25) is 4.79 Å². The van der Waals surface area contributed by atoms with Gasteiger partial charge >= 0.3 is 5.97 Å². The van der Waals surface area contributed by atoms with E-state index in [4.69, 9.17) is 4.42 Å². The van der Waals surface area contributed by atoms with Crippen LogP contribution in [0.3, 0.4) is 0 Å². The Morgan fingerprint density at radius 2 is 1.91 bits per heavy atom. The summed E-state index contributed by atoms with van der Waals surface area (Å²) in [5.41, 5.74) is 0.0745. The monoisotopic (exact) mass is 344 g/mol. The van der Waals surface area contributed by atoms with Crippen LogP contribution in [0.4, 0.5) is 0 Å². The number of aryl methyl sites for hydroxylation is 1. The molecule has 9 heteroatoms. The van der Waals surface area contributed by atoms with Gasteiger partial charge in [0.1, 0.15) is 11.8 Å². The molecule has 0 aliphatic heterocycles. The van der Waals surface area contributed by atoms with Crippen molar-refractivity contribution in [2.45, 2.75) is 43.9 Å². The third kappa shape index (κ3) is 3.25. The van der Waals surface area contributed by atoms with E-state index >= 15 is 0 Å². The summed E-state index contributed by atoms with van der Waals surface area (Å²) in [5.74, 6) is -1.48. The maximum absolute atomic E-state index is 12.7. The highest BCUT2D eigenvalue weighted by atomic mass is 32.2. The minimum atomic E-state index is -3.80. The fraction of sp³-hybridized carbons (Fsp3) is 0.571. The quantitative estimate of drug-likeness (QED) is 0.822. The number of furan rings is 1.